The van der Waals surface area contributed by atoms with Gasteiger partial charge in [-0.15, -0.1) is 0 Å². The Morgan fingerprint density at radius 1 is 1.00 bits per heavy atom. The topological polar surface area (TPSA) is 44.8 Å². The lowest BCUT2D eigenvalue weighted by Crippen LogP contribution is -2.45. The highest BCUT2D eigenvalue weighted by molar-refractivity contribution is 6.60. The average molecular weight is 276 g/mol. The second kappa shape index (κ2) is 10.7. The first-order valence-electron chi connectivity index (χ1n) is 6.90. The summed E-state index contributed by atoms with van der Waals surface area (Å²) < 4.78 is 16.5. The minimum Gasteiger partial charge on any atom is -0.377 e. The molecule has 0 aromatic heterocycles. The molecule has 4 nitrogen and oxygen atoms in total. The molecule has 0 saturated carbocycles. The van der Waals surface area contributed by atoms with E-state index < -0.39 is 8.80 Å². The molecule has 108 valence electrons. The minimum atomic E-state index is -2.60. The zero-order valence-electron chi connectivity index (χ0n) is 12.3. The SMILES string of the molecule is CCCCC[Si](OC)(OC)OCC(=O)CCCC. The van der Waals surface area contributed by atoms with Crippen molar-refractivity contribution in [2.24, 2.45) is 0 Å². The van der Waals surface area contributed by atoms with E-state index in [9.17, 15) is 4.79 Å². The van der Waals surface area contributed by atoms with Crippen molar-refractivity contribution in [3.63, 3.8) is 0 Å². The first kappa shape index (κ1) is 17.8. The third-order valence-corrected chi connectivity index (χ3v) is 5.76. The number of carbonyl (C=O) groups excluding carboxylic acids is 1. The number of hydrogen-bond donors (Lipinski definition) is 0. The van der Waals surface area contributed by atoms with E-state index in [-0.39, 0.29) is 12.4 Å². The molecular weight excluding hydrogens is 248 g/mol. The summed E-state index contributed by atoms with van der Waals surface area (Å²) in [4.78, 5) is 11.6. The van der Waals surface area contributed by atoms with Crippen LogP contribution in [0, 0.1) is 0 Å². The fourth-order valence-corrected chi connectivity index (χ4v) is 3.72. The molecule has 0 spiro atoms. The zero-order chi connectivity index (χ0) is 13.9. The van der Waals surface area contributed by atoms with Gasteiger partial charge in [-0.05, 0) is 12.8 Å². The molecule has 18 heavy (non-hydrogen) atoms. The molecule has 0 saturated heterocycles. The molecular formula is C13H28O4Si. The maximum Gasteiger partial charge on any atom is 0.500 e. The normalized spacial score (nSPS) is 11.8. The van der Waals surface area contributed by atoms with Crippen LogP contribution in [0.15, 0.2) is 0 Å². The van der Waals surface area contributed by atoms with Crippen LogP contribution in [0.2, 0.25) is 6.04 Å². The molecule has 0 radical (unpaired) electrons. The van der Waals surface area contributed by atoms with Crippen molar-refractivity contribution in [3.8, 4) is 0 Å². The summed E-state index contributed by atoms with van der Waals surface area (Å²) in [6, 6.07) is 0.787. The van der Waals surface area contributed by atoms with Crippen molar-refractivity contribution in [1.82, 2.24) is 0 Å². The number of hydrogen-bond acceptors (Lipinski definition) is 4. The molecule has 0 aliphatic rings. The van der Waals surface area contributed by atoms with Gasteiger partial charge in [-0.25, -0.2) is 0 Å². The van der Waals surface area contributed by atoms with E-state index in [1.807, 2.05) is 0 Å². The number of Topliss-reactive ketones (excluding diaryl/α,β-unsaturated/α-hetero) is 1. The Balaban J connectivity index is 4.11. The molecule has 0 unspecified atom stereocenters. The van der Waals surface area contributed by atoms with Crippen molar-refractivity contribution < 1.29 is 18.1 Å². The molecule has 0 aliphatic carbocycles. The average Bonchev–Trinajstić information content (AvgIpc) is 2.40. The molecule has 0 bridgehead atoms. The molecule has 0 heterocycles. The Bertz CT molecular complexity index is 217. The van der Waals surface area contributed by atoms with Crippen molar-refractivity contribution in [2.45, 2.75) is 58.4 Å². The number of carbonyl (C=O) groups is 1. The van der Waals surface area contributed by atoms with E-state index >= 15 is 0 Å². The largest absolute Gasteiger partial charge is 0.500 e. The van der Waals surface area contributed by atoms with Crippen LogP contribution in [0.25, 0.3) is 0 Å². The molecule has 0 fully saturated rings. The van der Waals surface area contributed by atoms with Gasteiger partial charge in [-0.2, -0.15) is 0 Å². The summed E-state index contributed by atoms with van der Waals surface area (Å²) >= 11 is 0. The molecule has 5 heteroatoms. The lowest BCUT2D eigenvalue weighted by molar-refractivity contribution is -0.122. The van der Waals surface area contributed by atoms with Gasteiger partial charge in [0.15, 0.2) is 5.78 Å². The molecule has 0 aromatic carbocycles. The summed E-state index contributed by atoms with van der Waals surface area (Å²) in [6.07, 6.45) is 5.84. The van der Waals surface area contributed by atoms with Crippen LogP contribution in [-0.2, 0) is 18.1 Å². The van der Waals surface area contributed by atoms with E-state index in [4.69, 9.17) is 13.3 Å². The number of rotatable bonds is 12. The maximum atomic E-state index is 11.6. The summed E-state index contributed by atoms with van der Waals surface area (Å²) in [5, 5.41) is 0. The van der Waals surface area contributed by atoms with Crippen molar-refractivity contribution >= 4 is 14.6 Å². The Hall–Kier alpha value is -0.233. The Labute approximate surface area is 112 Å². The minimum absolute atomic E-state index is 0.125. The Morgan fingerprint density at radius 3 is 2.11 bits per heavy atom. The summed E-state index contributed by atoms with van der Waals surface area (Å²) in [5.74, 6) is 0.137. The standard InChI is InChI=1S/C13H28O4Si/c1-5-7-9-11-18(15-3,16-4)17-12-13(14)10-8-6-2/h5-12H2,1-4H3. The van der Waals surface area contributed by atoms with Gasteiger partial charge in [0.2, 0.25) is 0 Å². The van der Waals surface area contributed by atoms with Gasteiger partial charge in [0.05, 0.1) is 6.61 Å². The highest BCUT2D eigenvalue weighted by Gasteiger charge is 2.38. The van der Waals surface area contributed by atoms with Crippen molar-refractivity contribution in [2.75, 3.05) is 20.8 Å². The van der Waals surface area contributed by atoms with Crippen LogP contribution in [0.5, 0.6) is 0 Å². The van der Waals surface area contributed by atoms with Gasteiger partial charge in [-0.1, -0.05) is 33.1 Å². The quantitative estimate of drug-likeness (QED) is 0.406. The predicted molar refractivity (Wildman–Crippen MR) is 74.6 cm³/mol. The number of unbranched alkanes of at least 4 members (excludes halogenated alkanes) is 3. The third-order valence-electron chi connectivity index (χ3n) is 2.97. The van der Waals surface area contributed by atoms with Gasteiger partial charge in [-0.3, -0.25) is 4.79 Å². The lowest BCUT2D eigenvalue weighted by atomic mass is 10.2. The Kier molecular flexibility index (Phi) is 10.5. The van der Waals surface area contributed by atoms with Crippen LogP contribution in [0.1, 0.15) is 52.4 Å². The highest BCUT2D eigenvalue weighted by Crippen LogP contribution is 2.18. The first-order valence-corrected chi connectivity index (χ1v) is 8.83. The molecule has 0 aromatic rings. The third kappa shape index (κ3) is 7.26. The fourth-order valence-electron chi connectivity index (χ4n) is 1.71. The molecule has 0 N–H and O–H groups in total. The summed E-state index contributed by atoms with van der Waals surface area (Å²) in [6.45, 7) is 4.35. The molecule has 0 atom stereocenters. The van der Waals surface area contributed by atoms with E-state index in [1.165, 1.54) is 0 Å². The van der Waals surface area contributed by atoms with E-state index in [2.05, 4.69) is 13.8 Å². The van der Waals surface area contributed by atoms with E-state index in [1.54, 1.807) is 14.2 Å². The second-order valence-corrected chi connectivity index (χ2v) is 7.45. The second-order valence-electron chi connectivity index (χ2n) is 4.48. The Morgan fingerprint density at radius 2 is 1.61 bits per heavy atom. The lowest BCUT2D eigenvalue weighted by Gasteiger charge is -2.26. The predicted octanol–water partition coefficient (Wildman–Crippen LogP) is 3.18. The van der Waals surface area contributed by atoms with Crippen LogP contribution < -0.4 is 0 Å². The van der Waals surface area contributed by atoms with Gasteiger partial charge in [0.25, 0.3) is 0 Å². The van der Waals surface area contributed by atoms with Gasteiger partial charge < -0.3 is 13.3 Å². The van der Waals surface area contributed by atoms with E-state index in [0.717, 1.165) is 38.1 Å². The van der Waals surface area contributed by atoms with Crippen LogP contribution in [0.3, 0.4) is 0 Å². The van der Waals surface area contributed by atoms with E-state index in [0.29, 0.717) is 6.42 Å². The van der Waals surface area contributed by atoms with Gasteiger partial charge in [0, 0.05) is 26.7 Å². The highest BCUT2D eigenvalue weighted by atomic mass is 28.4. The molecule has 0 aliphatic heterocycles. The summed E-state index contributed by atoms with van der Waals surface area (Å²) in [5.41, 5.74) is 0. The fraction of sp³-hybridized carbons (Fsp3) is 0.923. The van der Waals surface area contributed by atoms with Crippen molar-refractivity contribution in [3.05, 3.63) is 0 Å². The zero-order valence-corrected chi connectivity index (χ0v) is 13.3. The summed E-state index contributed by atoms with van der Waals surface area (Å²) in [7, 11) is 0.615. The van der Waals surface area contributed by atoms with Crippen LogP contribution >= 0.6 is 0 Å². The smallest absolute Gasteiger partial charge is 0.377 e. The van der Waals surface area contributed by atoms with Crippen molar-refractivity contribution in [1.29, 1.82) is 0 Å². The number of ketones is 1. The first-order chi connectivity index (χ1) is 8.64. The molecule has 0 rings (SSSR count). The van der Waals surface area contributed by atoms with Crippen LogP contribution in [-0.4, -0.2) is 35.4 Å². The van der Waals surface area contributed by atoms with Gasteiger partial charge >= 0.3 is 8.80 Å². The van der Waals surface area contributed by atoms with Gasteiger partial charge in [0.1, 0.15) is 0 Å². The van der Waals surface area contributed by atoms with Crippen LogP contribution in [0.4, 0.5) is 0 Å². The maximum absolute atomic E-state index is 11.6. The monoisotopic (exact) mass is 276 g/mol. The molecule has 0 amide bonds.